The van der Waals surface area contributed by atoms with Crippen molar-refractivity contribution in [2.75, 3.05) is 0 Å². The summed E-state index contributed by atoms with van der Waals surface area (Å²) in [7, 11) is 0. The van der Waals surface area contributed by atoms with Gasteiger partial charge in [0, 0.05) is 11.8 Å². The van der Waals surface area contributed by atoms with Crippen molar-refractivity contribution in [2.24, 2.45) is 0 Å². The van der Waals surface area contributed by atoms with Gasteiger partial charge in [-0.3, -0.25) is 0 Å². The van der Waals surface area contributed by atoms with Crippen LogP contribution in [0.4, 0.5) is 8.78 Å². The van der Waals surface area contributed by atoms with Crippen molar-refractivity contribution >= 4 is 11.6 Å². The van der Waals surface area contributed by atoms with Crippen LogP contribution < -0.4 is 0 Å². The van der Waals surface area contributed by atoms with Crippen molar-refractivity contribution in [3.63, 3.8) is 0 Å². The van der Waals surface area contributed by atoms with Crippen molar-refractivity contribution < 1.29 is 8.78 Å². The maximum atomic E-state index is 11.3. The predicted octanol–water partition coefficient (Wildman–Crippen LogP) is 2.66. The summed E-state index contributed by atoms with van der Waals surface area (Å²) in [4.78, 5) is 0. The molecule has 0 heterocycles. The smallest absolute Gasteiger partial charge is 0.211 e. The second-order valence-electron chi connectivity index (χ2n) is 1.75. The Kier molecular flexibility index (Phi) is 4.15. The molecule has 0 aliphatic carbocycles. The molecular weight excluding hydrogens is 134 g/mol. The average molecular weight is 143 g/mol. The topological polar surface area (TPSA) is 0 Å². The van der Waals surface area contributed by atoms with E-state index in [2.05, 4.69) is 0 Å². The molecule has 1 atom stereocenters. The van der Waals surface area contributed by atoms with Crippen LogP contribution in [0, 0.1) is 0 Å². The van der Waals surface area contributed by atoms with Gasteiger partial charge in [0.25, 0.3) is 0 Å². The summed E-state index contributed by atoms with van der Waals surface area (Å²) < 4.78 is 22.7. The lowest BCUT2D eigenvalue weighted by molar-refractivity contribution is 0.135. The SMILES string of the molecule is C[C@H](Cl)CCC(F)F. The second-order valence-corrected chi connectivity index (χ2v) is 2.49. The number of rotatable bonds is 3. The van der Waals surface area contributed by atoms with Gasteiger partial charge in [0.1, 0.15) is 0 Å². The Labute approximate surface area is 52.8 Å². The third-order valence-electron chi connectivity index (χ3n) is 0.783. The molecule has 3 heteroatoms. The Balaban J connectivity index is 2.93. The van der Waals surface area contributed by atoms with Crippen LogP contribution in [-0.2, 0) is 0 Å². The van der Waals surface area contributed by atoms with Crippen molar-refractivity contribution in [1.82, 2.24) is 0 Å². The van der Waals surface area contributed by atoms with Gasteiger partial charge in [-0.2, -0.15) is 0 Å². The number of halogens is 3. The fourth-order valence-electron chi connectivity index (χ4n) is 0.356. The van der Waals surface area contributed by atoms with Gasteiger partial charge in [-0.05, 0) is 13.3 Å². The van der Waals surface area contributed by atoms with E-state index < -0.39 is 6.43 Å². The molecule has 0 saturated heterocycles. The zero-order valence-electron chi connectivity index (χ0n) is 4.70. The van der Waals surface area contributed by atoms with E-state index in [1.165, 1.54) is 0 Å². The van der Waals surface area contributed by atoms with Gasteiger partial charge in [0.2, 0.25) is 6.43 Å². The predicted molar refractivity (Wildman–Crippen MR) is 30.6 cm³/mol. The Hall–Kier alpha value is 0.150. The summed E-state index contributed by atoms with van der Waals surface area (Å²) in [5, 5.41) is -0.121. The van der Waals surface area contributed by atoms with E-state index in [9.17, 15) is 8.78 Å². The third-order valence-corrected chi connectivity index (χ3v) is 1.00. The van der Waals surface area contributed by atoms with Gasteiger partial charge in [0.15, 0.2) is 0 Å². The fourth-order valence-corrected chi connectivity index (χ4v) is 0.482. The van der Waals surface area contributed by atoms with Crippen molar-refractivity contribution in [3.8, 4) is 0 Å². The summed E-state index contributed by atoms with van der Waals surface area (Å²) in [5.41, 5.74) is 0. The lowest BCUT2D eigenvalue weighted by Crippen LogP contribution is -1.96. The van der Waals surface area contributed by atoms with Gasteiger partial charge in [-0.15, -0.1) is 11.6 Å². The van der Waals surface area contributed by atoms with Crippen LogP contribution in [0.2, 0.25) is 0 Å². The van der Waals surface area contributed by atoms with Crippen LogP contribution in [0.25, 0.3) is 0 Å². The van der Waals surface area contributed by atoms with Gasteiger partial charge < -0.3 is 0 Å². The highest BCUT2D eigenvalue weighted by molar-refractivity contribution is 6.20. The Bertz CT molecular complexity index is 46.4. The zero-order valence-corrected chi connectivity index (χ0v) is 5.46. The molecule has 0 aliphatic rings. The first-order valence-corrected chi connectivity index (χ1v) is 2.98. The lowest BCUT2D eigenvalue weighted by atomic mass is 10.2. The molecule has 0 aromatic carbocycles. The second kappa shape index (κ2) is 4.07. The van der Waals surface area contributed by atoms with E-state index in [-0.39, 0.29) is 11.8 Å². The molecule has 0 amide bonds. The highest BCUT2D eigenvalue weighted by atomic mass is 35.5. The van der Waals surface area contributed by atoms with Crippen LogP contribution in [-0.4, -0.2) is 11.8 Å². The van der Waals surface area contributed by atoms with E-state index in [4.69, 9.17) is 11.6 Å². The quantitative estimate of drug-likeness (QED) is 0.532. The van der Waals surface area contributed by atoms with Gasteiger partial charge in [-0.25, -0.2) is 8.78 Å². The van der Waals surface area contributed by atoms with Gasteiger partial charge in [0.05, 0.1) is 0 Å². The Morgan fingerprint density at radius 1 is 1.38 bits per heavy atom. The third kappa shape index (κ3) is 6.15. The molecule has 0 fully saturated rings. The molecule has 0 nitrogen and oxygen atoms in total. The summed E-state index contributed by atoms with van der Waals surface area (Å²) in [6.07, 6.45) is -1.87. The molecule has 0 aromatic heterocycles. The molecule has 0 aliphatic heterocycles. The van der Waals surface area contributed by atoms with Crippen molar-refractivity contribution in [1.29, 1.82) is 0 Å². The normalized spacial score (nSPS) is 14.6. The summed E-state index contributed by atoms with van der Waals surface area (Å²) in [6.45, 7) is 1.71. The maximum absolute atomic E-state index is 11.3. The van der Waals surface area contributed by atoms with E-state index >= 15 is 0 Å². The van der Waals surface area contributed by atoms with Crippen molar-refractivity contribution in [2.45, 2.75) is 31.6 Å². The van der Waals surface area contributed by atoms with Gasteiger partial charge in [-0.1, -0.05) is 0 Å². The minimum absolute atomic E-state index is 0.0787. The van der Waals surface area contributed by atoms with E-state index in [0.29, 0.717) is 6.42 Å². The first-order valence-electron chi connectivity index (χ1n) is 2.55. The molecule has 0 saturated carbocycles. The molecule has 0 N–H and O–H groups in total. The number of hydrogen-bond acceptors (Lipinski definition) is 0. The largest absolute Gasteiger partial charge is 0.238 e. The monoisotopic (exact) mass is 142 g/mol. The minimum atomic E-state index is -2.20. The highest BCUT2D eigenvalue weighted by Crippen LogP contribution is 2.09. The molecule has 50 valence electrons. The molecular formula is C5H9ClF2. The van der Waals surface area contributed by atoms with Crippen LogP contribution in [0.15, 0.2) is 0 Å². The van der Waals surface area contributed by atoms with Crippen LogP contribution in [0.3, 0.4) is 0 Å². The van der Waals surface area contributed by atoms with E-state index in [1.807, 2.05) is 0 Å². The summed E-state index contributed by atoms with van der Waals surface area (Å²) in [5.74, 6) is 0. The average Bonchev–Trinajstić information content (AvgIpc) is 1.61. The zero-order chi connectivity index (χ0) is 6.57. The summed E-state index contributed by atoms with van der Waals surface area (Å²) in [6, 6.07) is 0. The van der Waals surface area contributed by atoms with E-state index in [0.717, 1.165) is 0 Å². The van der Waals surface area contributed by atoms with Crippen LogP contribution in [0.5, 0.6) is 0 Å². The first-order chi connectivity index (χ1) is 3.63. The van der Waals surface area contributed by atoms with Crippen molar-refractivity contribution in [3.05, 3.63) is 0 Å². The summed E-state index contributed by atoms with van der Waals surface area (Å²) >= 11 is 5.39. The standard InChI is InChI=1S/C5H9ClF2/c1-4(6)2-3-5(7)8/h4-5H,2-3H2,1H3/t4-/m0/s1. The highest BCUT2D eigenvalue weighted by Gasteiger charge is 2.03. The van der Waals surface area contributed by atoms with Crippen LogP contribution >= 0.6 is 11.6 Å². The minimum Gasteiger partial charge on any atom is -0.211 e. The van der Waals surface area contributed by atoms with Gasteiger partial charge >= 0.3 is 0 Å². The Morgan fingerprint density at radius 3 is 2.00 bits per heavy atom. The molecule has 0 bridgehead atoms. The molecule has 8 heavy (non-hydrogen) atoms. The number of alkyl halides is 3. The first kappa shape index (κ1) is 8.15. The lowest BCUT2D eigenvalue weighted by Gasteiger charge is -1.99. The Morgan fingerprint density at radius 2 is 1.88 bits per heavy atom. The fraction of sp³-hybridized carbons (Fsp3) is 1.00. The molecule has 0 spiro atoms. The van der Waals surface area contributed by atoms with Crippen LogP contribution in [0.1, 0.15) is 19.8 Å². The molecule has 0 aromatic rings. The molecule has 0 unspecified atom stereocenters. The molecule has 0 radical (unpaired) electrons. The molecule has 0 rings (SSSR count). The maximum Gasteiger partial charge on any atom is 0.238 e. The van der Waals surface area contributed by atoms with E-state index in [1.54, 1.807) is 6.92 Å². The number of hydrogen-bond donors (Lipinski definition) is 0.